The van der Waals surface area contributed by atoms with Crippen LogP contribution in [-0.4, -0.2) is 53.6 Å². The molecule has 0 spiro atoms. The normalized spacial score (nSPS) is 17.4. The molecule has 0 amide bonds. The molecule has 0 unspecified atom stereocenters. The molecule has 1 aromatic rings. The third kappa shape index (κ3) is 4.31. The first-order chi connectivity index (χ1) is 10.4. The van der Waals surface area contributed by atoms with Crippen molar-refractivity contribution < 1.29 is 23.2 Å². The second-order valence-electron chi connectivity index (χ2n) is 5.07. The van der Waals surface area contributed by atoms with E-state index in [2.05, 4.69) is 5.32 Å². The molecule has 23 heavy (non-hydrogen) atoms. The Labute approximate surface area is 136 Å². The van der Waals surface area contributed by atoms with E-state index < -0.39 is 40.6 Å². The van der Waals surface area contributed by atoms with E-state index in [0.29, 0.717) is 13.1 Å². The molecule has 0 aromatic heterocycles. The van der Waals surface area contributed by atoms with Crippen molar-refractivity contribution in [3.63, 3.8) is 0 Å². The van der Waals surface area contributed by atoms with Gasteiger partial charge in [-0.25, -0.2) is 13.2 Å². The topological polar surface area (TPSA) is 78.6 Å². The molecule has 2 rings (SSSR count). The fourth-order valence-electron chi connectivity index (χ4n) is 2.57. The van der Waals surface area contributed by atoms with Crippen LogP contribution in [0, 0.1) is 15.9 Å². The van der Waals surface area contributed by atoms with Gasteiger partial charge in [0, 0.05) is 43.9 Å². The number of nitrogens with one attached hydrogen (secondary N) is 1. The summed E-state index contributed by atoms with van der Waals surface area (Å²) in [7, 11) is 0. The maximum atomic E-state index is 14.2. The zero-order valence-corrected chi connectivity index (χ0v) is 12.9. The zero-order valence-electron chi connectivity index (χ0n) is 12.0. The molecule has 1 aliphatic heterocycles. The highest BCUT2D eigenvalue weighted by Crippen LogP contribution is 2.38. The van der Waals surface area contributed by atoms with Crippen LogP contribution in [0.3, 0.4) is 0 Å². The van der Waals surface area contributed by atoms with Crippen molar-refractivity contribution >= 4 is 18.1 Å². The van der Waals surface area contributed by atoms with Crippen LogP contribution in [-0.2, 0) is 0 Å². The van der Waals surface area contributed by atoms with Gasteiger partial charge in [-0.1, -0.05) is 0 Å². The third-order valence-electron chi connectivity index (χ3n) is 3.61. The second kappa shape index (κ2) is 7.91. The van der Waals surface area contributed by atoms with E-state index in [-0.39, 0.29) is 25.5 Å². The van der Waals surface area contributed by atoms with Gasteiger partial charge in [-0.3, -0.25) is 15.0 Å². The number of aliphatic hydroxyl groups is 1. The summed E-state index contributed by atoms with van der Waals surface area (Å²) in [6.07, 6.45) is 0. The number of hydrogen-bond donors (Lipinski definition) is 2. The summed E-state index contributed by atoms with van der Waals surface area (Å²) < 4.78 is 42.3. The fourth-order valence-corrected chi connectivity index (χ4v) is 2.57. The van der Waals surface area contributed by atoms with Crippen LogP contribution in [0.25, 0.3) is 0 Å². The quantitative estimate of drug-likeness (QED) is 0.621. The Morgan fingerprint density at radius 2 is 2.00 bits per heavy atom. The maximum absolute atomic E-state index is 14.2. The Morgan fingerprint density at radius 1 is 1.39 bits per heavy atom. The highest BCUT2D eigenvalue weighted by Gasteiger charge is 2.45. The third-order valence-corrected chi connectivity index (χ3v) is 3.61. The molecule has 2 N–H and O–H groups in total. The summed E-state index contributed by atoms with van der Waals surface area (Å²) in [5, 5.41) is 22.8. The number of nitrogens with zero attached hydrogens (tertiary/aromatic N) is 2. The largest absolute Gasteiger partial charge is 0.390 e. The van der Waals surface area contributed by atoms with Crippen molar-refractivity contribution in [2.75, 3.05) is 32.8 Å². The van der Waals surface area contributed by atoms with Crippen molar-refractivity contribution in [2.45, 2.75) is 12.0 Å². The first-order valence-electron chi connectivity index (χ1n) is 6.74. The number of piperazine rings is 1. The Kier molecular flexibility index (Phi) is 6.75. The molecule has 6 nitrogen and oxygen atoms in total. The molecule has 0 bridgehead atoms. The highest BCUT2D eigenvalue weighted by molar-refractivity contribution is 5.85. The van der Waals surface area contributed by atoms with Gasteiger partial charge in [-0.15, -0.1) is 12.4 Å². The molecule has 1 heterocycles. The zero-order chi connectivity index (χ0) is 16.3. The van der Waals surface area contributed by atoms with Gasteiger partial charge in [-0.2, -0.15) is 0 Å². The summed E-state index contributed by atoms with van der Waals surface area (Å²) in [5.41, 5.74) is -0.944. The van der Waals surface area contributed by atoms with Gasteiger partial charge in [0.2, 0.25) is 0 Å². The van der Waals surface area contributed by atoms with E-state index in [9.17, 15) is 23.3 Å². The van der Waals surface area contributed by atoms with Crippen LogP contribution >= 0.6 is 12.4 Å². The molecule has 0 aliphatic carbocycles. The minimum Gasteiger partial charge on any atom is -0.390 e. The molecular weight excluding hydrogens is 339 g/mol. The molecular formula is C13H17ClF3N3O3. The number of alkyl halides is 2. The molecule has 1 atom stereocenters. The van der Waals surface area contributed by atoms with E-state index in [1.165, 1.54) is 4.90 Å². The molecule has 0 saturated carbocycles. The highest BCUT2D eigenvalue weighted by atomic mass is 35.5. The van der Waals surface area contributed by atoms with E-state index >= 15 is 0 Å². The van der Waals surface area contributed by atoms with Gasteiger partial charge in [0.05, 0.1) is 4.92 Å². The molecule has 1 aliphatic rings. The molecule has 10 heteroatoms. The van der Waals surface area contributed by atoms with Crippen molar-refractivity contribution in [1.82, 2.24) is 10.2 Å². The minimum absolute atomic E-state index is 0. The first-order valence-corrected chi connectivity index (χ1v) is 6.74. The molecule has 1 aromatic carbocycles. The molecule has 1 saturated heterocycles. The Bertz CT molecular complexity index is 557. The number of hydrogen-bond acceptors (Lipinski definition) is 5. The van der Waals surface area contributed by atoms with Crippen molar-refractivity contribution in [3.8, 4) is 0 Å². The van der Waals surface area contributed by atoms with Crippen LogP contribution in [0.1, 0.15) is 11.6 Å². The Morgan fingerprint density at radius 3 is 2.52 bits per heavy atom. The monoisotopic (exact) mass is 355 g/mol. The fraction of sp³-hybridized carbons (Fsp3) is 0.538. The van der Waals surface area contributed by atoms with Crippen molar-refractivity contribution in [3.05, 3.63) is 39.7 Å². The number of aliphatic hydroxyl groups excluding tert-OH is 1. The molecule has 130 valence electrons. The number of non-ortho nitro benzene ring substituents is 1. The summed E-state index contributed by atoms with van der Waals surface area (Å²) >= 11 is 0. The van der Waals surface area contributed by atoms with Crippen molar-refractivity contribution in [2.24, 2.45) is 0 Å². The smallest absolute Gasteiger partial charge is 0.290 e. The minimum atomic E-state index is -3.62. The standard InChI is InChI=1S/C13H16F3N3O3.ClH/c14-11-2-1-9(19(21)22)7-10(11)12(13(15,16)8-20)18-5-3-17-4-6-18;/h1-2,7,12,17,20H,3-6,8H2;1H/t12-;/m1./s1. The number of halogens is 4. The van der Waals surface area contributed by atoms with Crippen LogP contribution < -0.4 is 5.32 Å². The second-order valence-corrected chi connectivity index (χ2v) is 5.07. The van der Waals surface area contributed by atoms with Gasteiger partial charge in [0.1, 0.15) is 18.5 Å². The van der Waals surface area contributed by atoms with E-state index in [1.54, 1.807) is 0 Å². The predicted octanol–water partition coefficient (Wildman–Crippen LogP) is 1.73. The average molecular weight is 356 g/mol. The van der Waals surface area contributed by atoms with E-state index in [1.807, 2.05) is 0 Å². The first kappa shape index (κ1) is 19.6. The summed E-state index contributed by atoms with van der Waals surface area (Å²) in [6, 6.07) is 0.784. The van der Waals surface area contributed by atoms with Crippen LogP contribution in [0.15, 0.2) is 18.2 Å². The number of nitro groups is 1. The van der Waals surface area contributed by atoms with Crippen molar-refractivity contribution in [1.29, 1.82) is 0 Å². The SMILES string of the molecule is Cl.O=[N+]([O-])c1ccc(F)c([C@@H](N2CCNCC2)C(F)(F)CO)c1. The van der Waals surface area contributed by atoms with Gasteiger partial charge in [0.15, 0.2) is 0 Å². The average Bonchev–Trinajstić information content (AvgIpc) is 2.50. The lowest BCUT2D eigenvalue weighted by Gasteiger charge is -2.38. The van der Waals surface area contributed by atoms with E-state index in [0.717, 1.165) is 18.2 Å². The van der Waals surface area contributed by atoms with Gasteiger partial charge in [-0.05, 0) is 6.07 Å². The van der Waals surface area contributed by atoms with E-state index in [4.69, 9.17) is 5.11 Å². The number of nitro benzene ring substituents is 1. The Balaban J connectivity index is 0.00000264. The van der Waals surface area contributed by atoms with Crippen LogP contribution in [0.4, 0.5) is 18.9 Å². The summed E-state index contributed by atoms with van der Waals surface area (Å²) in [6.45, 7) is -0.141. The Hall–Kier alpha value is -1.42. The lowest BCUT2D eigenvalue weighted by molar-refractivity contribution is -0.385. The maximum Gasteiger partial charge on any atom is 0.290 e. The van der Waals surface area contributed by atoms with Gasteiger partial charge in [0.25, 0.3) is 11.6 Å². The van der Waals surface area contributed by atoms with Crippen LogP contribution in [0.5, 0.6) is 0 Å². The molecule has 1 fully saturated rings. The van der Waals surface area contributed by atoms with Gasteiger partial charge < -0.3 is 10.4 Å². The number of benzene rings is 1. The predicted molar refractivity (Wildman–Crippen MR) is 79.5 cm³/mol. The summed E-state index contributed by atoms with van der Waals surface area (Å²) in [4.78, 5) is 11.4. The van der Waals surface area contributed by atoms with Gasteiger partial charge >= 0.3 is 0 Å². The lowest BCUT2D eigenvalue weighted by atomic mass is 9.97. The lowest BCUT2D eigenvalue weighted by Crippen LogP contribution is -2.51. The molecule has 0 radical (unpaired) electrons. The summed E-state index contributed by atoms with van der Waals surface area (Å²) in [5.74, 6) is -4.57. The van der Waals surface area contributed by atoms with Crippen LogP contribution in [0.2, 0.25) is 0 Å². The number of rotatable bonds is 5.